The first-order valence-corrected chi connectivity index (χ1v) is 8.64. The molecule has 0 spiro atoms. The van der Waals surface area contributed by atoms with Crippen LogP contribution in [0.5, 0.6) is 5.75 Å². The van der Waals surface area contributed by atoms with Gasteiger partial charge in [-0.3, -0.25) is 4.90 Å². The minimum Gasteiger partial charge on any atom is -0.490 e. The molecule has 0 saturated carbocycles. The Morgan fingerprint density at radius 1 is 1.08 bits per heavy atom. The molecule has 0 aliphatic carbocycles. The molecule has 1 fully saturated rings. The Bertz CT molecular complexity index is 804. The number of para-hydroxylation sites is 1. The van der Waals surface area contributed by atoms with Gasteiger partial charge in [-0.05, 0) is 43.5 Å². The largest absolute Gasteiger partial charge is 0.490 e. The number of aryl methyl sites for hydroxylation is 1. The summed E-state index contributed by atoms with van der Waals surface area (Å²) in [4.78, 5) is 7.00. The van der Waals surface area contributed by atoms with Crippen LogP contribution in [0.2, 0.25) is 0 Å². The standard InChI is InChI=1S/C20H23N3O/c1-16-7-8-20-21-13-17(23(20)14-16)15-22-11-9-19(10-12-22)24-18-5-3-2-4-6-18/h2-8,13-14,19H,9-12,15H2,1H3. The average molecular weight is 321 g/mol. The Hall–Kier alpha value is -2.33. The monoisotopic (exact) mass is 321 g/mol. The van der Waals surface area contributed by atoms with E-state index in [1.165, 1.54) is 11.3 Å². The summed E-state index contributed by atoms with van der Waals surface area (Å²) in [5.41, 5.74) is 3.55. The second kappa shape index (κ2) is 6.65. The first kappa shape index (κ1) is 15.2. The number of hydrogen-bond acceptors (Lipinski definition) is 3. The molecule has 0 bridgehead atoms. The maximum absolute atomic E-state index is 6.08. The third-order valence-electron chi connectivity index (χ3n) is 4.70. The number of nitrogens with zero attached hydrogens (tertiary/aromatic N) is 3. The summed E-state index contributed by atoms with van der Waals surface area (Å²) in [6.45, 7) is 5.20. The van der Waals surface area contributed by atoms with Crippen molar-refractivity contribution in [3.8, 4) is 5.75 Å². The molecule has 3 heterocycles. The van der Waals surface area contributed by atoms with Crippen LogP contribution in [0, 0.1) is 6.92 Å². The number of piperidine rings is 1. The summed E-state index contributed by atoms with van der Waals surface area (Å²) in [6.07, 6.45) is 6.65. The maximum Gasteiger partial charge on any atom is 0.136 e. The lowest BCUT2D eigenvalue weighted by molar-refractivity contribution is 0.0960. The van der Waals surface area contributed by atoms with E-state index in [0.717, 1.165) is 43.9 Å². The molecule has 24 heavy (non-hydrogen) atoms. The fourth-order valence-corrected chi connectivity index (χ4v) is 3.36. The Kier molecular flexibility index (Phi) is 4.22. The van der Waals surface area contributed by atoms with Crippen LogP contribution in [0.4, 0.5) is 0 Å². The fourth-order valence-electron chi connectivity index (χ4n) is 3.36. The number of ether oxygens (including phenoxy) is 1. The highest BCUT2D eigenvalue weighted by Crippen LogP contribution is 2.20. The van der Waals surface area contributed by atoms with E-state index in [1.54, 1.807) is 0 Å². The number of fused-ring (bicyclic) bond motifs is 1. The summed E-state index contributed by atoms with van der Waals surface area (Å²) in [5.74, 6) is 0.980. The van der Waals surface area contributed by atoms with Crippen LogP contribution in [-0.4, -0.2) is 33.5 Å². The second-order valence-corrected chi connectivity index (χ2v) is 6.59. The number of likely N-dealkylation sites (tertiary alicyclic amines) is 1. The predicted octanol–water partition coefficient (Wildman–Crippen LogP) is 3.69. The van der Waals surface area contributed by atoms with Crippen LogP contribution < -0.4 is 4.74 Å². The van der Waals surface area contributed by atoms with Crippen LogP contribution in [0.3, 0.4) is 0 Å². The van der Waals surface area contributed by atoms with Gasteiger partial charge >= 0.3 is 0 Å². The van der Waals surface area contributed by atoms with Gasteiger partial charge < -0.3 is 9.14 Å². The Morgan fingerprint density at radius 3 is 2.67 bits per heavy atom. The van der Waals surface area contributed by atoms with Gasteiger partial charge in [0.2, 0.25) is 0 Å². The zero-order valence-corrected chi connectivity index (χ0v) is 14.1. The van der Waals surface area contributed by atoms with Gasteiger partial charge in [-0.2, -0.15) is 0 Å². The molecule has 124 valence electrons. The molecular weight excluding hydrogens is 298 g/mol. The molecule has 1 aromatic carbocycles. The number of aromatic nitrogens is 2. The number of imidazole rings is 1. The SMILES string of the molecule is Cc1ccc2ncc(CN3CCC(Oc4ccccc4)CC3)n2c1. The Morgan fingerprint density at radius 2 is 1.88 bits per heavy atom. The molecule has 0 atom stereocenters. The van der Waals surface area contributed by atoms with Crippen molar-refractivity contribution in [2.45, 2.75) is 32.4 Å². The highest BCUT2D eigenvalue weighted by atomic mass is 16.5. The zero-order valence-electron chi connectivity index (χ0n) is 14.1. The highest BCUT2D eigenvalue weighted by molar-refractivity contribution is 5.41. The zero-order chi connectivity index (χ0) is 16.4. The van der Waals surface area contributed by atoms with Gasteiger partial charge in [-0.25, -0.2) is 4.98 Å². The molecule has 0 unspecified atom stereocenters. The second-order valence-electron chi connectivity index (χ2n) is 6.59. The minimum absolute atomic E-state index is 0.327. The number of pyridine rings is 1. The van der Waals surface area contributed by atoms with Crippen molar-refractivity contribution in [2.75, 3.05) is 13.1 Å². The van der Waals surface area contributed by atoms with Crippen LogP contribution in [0.15, 0.2) is 54.9 Å². The summed E-state index contributed by atoms with van der Waals surface area (Å²) in [5, 5.41) is 0. The van der Waals surface area contributed by atoms with E-state index in [4.69, 9.17) is 4.74 Å². The lowest BCUT2D eigenvalue weighted by Crippen LogP contribution is -2.38. The van der Waals surface area contributed by atoms with E-state index >= 15 is 0 Å². The molecule has 2 aromatic heterocycles. The summed E-state index contributed by atoms with van der Waals surface area (Å²) >= 11 is 0. The van der Waals surface area contributed by atoms with Crippen LogP contribution in [0.1, 0.15) is 24.1 Å². The normalized spacial score (nSPS) is 16.5. The topological polar surface area (TPSA) is 29.8 Å². The van der Waals surface area contributed by atoms with E-state index in [2.05, 4.69) is 39.5 Å². The van der Waals surface area contributed by atoms with E-state index in [1.807, 2.05) is 36.5 Å². The molecule has 0 amide bonds. The summed E-state index contributed by atoms with van der Waals surface area (Å²) in [6, 6.07) is 14.3. The van der Waals surface area contributed by atoms with Crippen molar-refractivity contribution >= 4 is 5.65 Å². The number of hydrogen-bond donors (Lipinski definition) is 0. The quantitative estimate of drug-likeness (QED) is 0.734. The third kappa shape index (κ3) is 3.29. The average Bonchev–Trinajstić information content (AvgIpc) is 3.00. The maximum atomic E-state index is 6.08. The highest BCUT2D eigenvalue weighted by Gasteiger charge is 2.21. The number of benzene rings is 1. The summed E-state index contributed by atoms with van der Waals surface area (Å²) < 4.78 is 8.29. The lowest BCUT2D eigenvalue weighted by Gasteiger charge is -2.32. The molecule has 4 nitrogen and oxygen atoms in total. The Balaban J connectivity index is 1.36. The van der Waals surface area contributed by atoms with Crippen molar-refractivity contribution in [2.24, 2.45) is 0 Å². The van der Waals surface area contributed by atoms with Crippen molar-refractivity contribution in [3.63, 3.8) is 0 Å². The van der Waals surface area contributed by atoms with Gasteiger partial charge in [-0.15, -0.1) is 0 Å². The first-order valence-electron chi connectivity index (χ1n) is 8.64. The van der Waals surface area contributed by atoms with E-state index < -0.39 is 0 Å². The van der Waals surface area contributed by atoms with Gasteiger partial charge in [-0.1, -0.05) is 24.3 Å². The molecule has 0 N–H and O–H groups in total. The summed E-state index contributed by atoms with van der Waals surface area (Å²) in [7, 11) is 0. The molecule has 4 rings (SSSR count). The third-order valence-corrected chi connectivity index (χ3v) is 4.70. The molecule has 3 aromatic rings. The van der Waals surface area contributed by atoms with E-state index in [-0.39, 0.29) is 0 Å². The first-order chi connectivity index (χ1) is 11.8. The molecule has 1 aliphatic heterocycles. The molecule has 4 heteroatoms. The van der Waals surface area contributed by atoms with Crippen molar-refractivity contribution in [1.82, 2.24) is 14.3 Å². The van der Waals surface area contributed by atoms with Crippen LogP contribution in [-0.2, 0) is 6.54 Å². The van der Waals surface area contributed by atoms with Gasteiger partial charge in [0.05, 0.1) is 11.9 Å². The smallest absolute Gasteiger partial charge is 0.136 e. The number of rotatable bonds is 4. The van der Waals surface area contributed by atoms with Gasteiger partial charge in [0.1, 0.15) is 17.5 Å². The molecule has 1 saturated heterocycles. The van der Waals surface area contributed by atoms with Crippen molar-refractivity contribution < 1.29 is 4.74 Å². The lowest BCUT2D eigenvalue weighted by atomic mass is 10.1. The molecule has 0 radical (unpaired) electrons. The van der Waals surface area contributed by atoms with Crippen LogP contribution in [0.25, 0.3) is 5.65 Å². The van der Waals surface area contributed by atoms with Gasteiger partial charge in [0.15, 0.2) is 0 Å². The predicted molar refractivity (Wildman–Crippen MR) is 95.3 cm³/mol. The van der Waals surface area contributed by atoms with Crippen molar-refractivity contribution in [3.05, 3.63) is 66.1 Å². The van der Waals surface area contributed by atoms with Crippen LogP contribution >= 0.6 is 0 Å². The van der Waals surface area contributed by atoms with Crippen molar-refractivity contribution in [1.29, 1.82) is 0 Å². The van der Waals surface area contributed by atoms with E-state index in [0.29, 0.717) is 6.10 Å². The van der Waals surface area contributed by atoms with Gasteiger partial charge in [0, 0.05) is 25.8 Å². The molecular formula is C20H23N3O. The van der Waals surface area contributed by atoms with E-state index in [9.17, 15) is 0 Å². The van der Waals surface area contributed by atoms with Gasteiger partial charge in [0.25, 0.3) is 0 Å². The Labute approximate surface area is 142 Å². The fraction of sp³-hybridized carbons (Fsp3) is 0.350. The minimum atomic E-state index is 0.327. The molecule has 1 aliphatic rings.